The number of hydrogen-bond donors (Lipinski definition) is 1. The minimum Gasteiger partial charge on any atom is -0.305 e. The molecule has 1 saturated heterocycles. The topological polar surface area (TPSA) is 15.3 Å². The molecule has 1 aliphatic heterocycles. The van der Waals surface area contributed by atoms with Gasteiger partial charge in [-0.05, 0) is 51.4 Å². The summed E-state index contributed by atoms with van der Waals surface area (Å²) < 4.78 is 0. The summed E-state index contributed by atoms with van der Waals surface area (Å²) in [5, 5.41) is 3.81. The highest BCUT2D eigenvalue weighted by Crippen LogP contribution is 2.24. The lowest BCUT2D eigenvalue weighted by Gasteiger charge is -2.33. The first-order valence-electron chi connectivity index (χ1n) is 7.30. The maximum absolute atomic E-state index is 3.81. The van der Waals surface area contributed by atoms with Crippen LogP contribution in [0.5, 0.6) is 0 Å². The van der Waals surface area contributed by atoms with E-state index in [2.05, 4.69) is 43.1 Å². The Labute approximate surface area is 115 Å². The van der Waals surface area contributed by atoms with E-state index in [0.29, 0.717) is 12.1 Å². The summed E-state index contributed by atoms with van der Waals surface area (Å²) in [5.74, 6) is 0. The molecule has 1 aromatic rings. The lowest BCUT2D eigenvalue weighted by Crippen LogP contribution is -2.46. The van der Waals surface area contributed by atoms with Crippen molar-refractivity contribution >= 4 is 11.3 Å². The van der Waals surface area contributed by atoms with Crippen LogP contribution < -0.4 is 5.32 Å². The number of piperidine rings is 1. The maximum Gasteiger partial charge on any atom is 0.0388 e. The van der Waals surface area contributed by atoms with E-state index in [1.165, 1.54) is 42.2 Å². The predicted molar refractivity (Wildman–Crippen MR) is 80.4 cm³/mol. The van der Waals surface area contributed by atoms with Crippen molar-refractivity contribution in [2.24, 2.45) is 0 Å². The van der Waals surface area contributed by atoms with Crippen molar-refractivity contribution in [2.45, 2.75) is 52.1 Å². The van der Waals surface area contributed by atoms with Crippen molar-refractivity contribution in [2.75, 3.05) is 19.6 Å². The fourth-order valence-electron chi connectivity index (χ4n) is 2.73. The minimum atomic E-state index is 0.497. The summed E-state index contributed by atoms with van der Waals surface area (Å²) >= 11 is 1.96. The van der Waals surface area contributed by atoms with Crippen LogP contribution in [0.25, 0.3) is 0 Å². The van der Waals surface area contributed by atoms with Gasteiger partial charge in [0.1, 0.15) is 0 Å². The second kappa shape index (κ2) is 6.69. The Kier molecular flexibility index (Phi) is 5.22. The van der Waals surface area contributed by atoms with E-state index in [-0.39, 0.29) is 0 Å². The zero-order valence-electron chi connectivity index (χ0n) is 11.9. The Hall–Kier alpha value is -0.380. The Morgan fingerprint density at radius 3 is 2.94 bits per heavy atom. The molecule has 2 heterocycles. The molecular formula is C15H26N2S. The molecule has 0 amide bonds. The smallest absolute Gasteiger partial charge is 0.0388 e. The quantitative estimate of drug-likeness (QED) is 0.878. The van der Waals surface area contributed by atoms with E-state index in [9.17, 15) is 0 Å². The summed E-state index contributed by atoms with van der Waals surface area (Å²) in [6.45, 7) is 10.5. The molecule has 2 rings (SSSR count). The van der Waals surface area contributed by atoms with E-state index in [0.717, 1.165) is 6.42 Å². The van der Waals surface area contributed by atoms with Crippen LogP contribution in [0.4, 0.5) is 0 Å². The molecule has 1 aliphatic rings. The van der Waals surface area contributed by atoms with Crippen molar-refractivity contribution in [3.63, 3.8) is 0 Å². The molecule has 0 bridgehead atoms. The number of rotatable bonds is 5. The van der Waals surface area contributed by atoms with Gasteiger partial charge >= 0.3 is 0 Å². The molecule has 2 unspecified atom stereocenters. The Morgan fingerprint density at radius 1 is 1.44 bits per heavy atom. The van der Waals surface area contributed by atoms with Gasteiger partial charge in [-0.2, -0.15) is 0 Å². The summed E-state index contributed by atoms with van der Waals surface area (Å²) in [5.41, 5.74) is 0. The van der Waals surface area contributed by atoms with Crippen LogP contribution in [0.3, 0.4) is 0 Å². The van der Waals surface area contributed by atoms with Gasteiger partial charge in [0.15, 0.2) is 0 Å². The minimum absolute atomic E-state index is 0.497. The highest BCUT2D eigenvalue weighted by Gasteiger charge is 2.20. The van der Waals surface area contributed by atoms with Gasteiger partial charge in [-0.15, -0.1) is 11.3 Å². The van der Waals surface area contributed by atoms with Gasteiger partial charge < -0.3 is 10.2 Å². The molecule has 0 saturated carbocycles. The fourth-order valence-corrected chi connectivity index (χ4v) is 3.70. The fraction of sp³-hybridized carbons (Fsp3) is 0.733. The molecule has 2 nitrogen and oxygen atoms in total. The highest BCUT2D eigenvalue weighted by atomic mass is 32.1. The van der Waals surface area contributed by atoms with Crippen LogP contribution in [0.2, 0.25) is 0 Å². The second-order valence-corrected chi connectivity index (χ2v) is 6.48. The number of nitrogens with one attached hydrogen (secondary N) is 1. The zero-order valence-corrected chi connectivity index (χ0v) is 12.7. The summed E-state index contributed by atoms with van der Waals surface area (Å²) in [7, 11) is 0. The average Bonchev–Trinajstić information content (AvgIpc) is 2.88. The van der Waals surface area contributed by atoms with Crippen LogP contribution in [-0.4, -0.2) is 30.6 Å². The van der Waals surface area contributed by atoms with Crippen LogP contribution in [0, 0.1) is 0 Å². The summed E-state index contributed by atoms with van der Waals surface area (Å²) in [6, 6.07) is 5.73. The Balaban J connectivity index is 1.88. The van der Waals surface area contributed by atoms with Crippen molar-refractivity contribution in [3.05, 3.63) is 21.9 Å². The van der Waals surface area contributed by atoms with Crippen LogP contribution in [-0.2, 0) is 6.42 Å². The van der Waals surface area contributed by atoms with E-state index in [1.54, 1.807) is 0 Å². The molecule has 1 fully saturated rings. The van der Waals surface area contributed by atoms with E-state index in [4.69, 9.17) is 0 Å². The Bertz CT molecular complexity index is 361. The molecule has 1 N–H and O–H groups in total. The third-order valence-corrected chi connectivity index (χ3v) is 5.31. The van der Waals surface area contributed by atoms with Crippen molar-refractivity contribution in [1.82, 2.24) is 10.2 Å². The third kappa shape index (κ3) is 3.56. The van der Waals surface area contributed by atoms with Gasteiger partial charge in [0.2, 0.25) is 0 Å². The first-order valence-corrected chi connectivity index (χ1v) is 8.11. The van der Waals surface area contributed by atoms with Gasteiger partial charge in [0, 0.05) is 28.4 Å². The monoisotopic (exact) mass is 266 g/mol. The standard InChI is InChI=1S/C15H26N2S/c1-4-14-8-9-15(18-14)12(3)16-13-7-6-10-17(5-2)11-13/h8-9,12-13,16H,4-7,10-11H2,1-3H3. The largest absolute Gasteiger partial charge is 0.305 e. The molecular weight excluding hydrogens is 240 g/mol. The first kappa shape index (κ1) is 14.0. The van der Waals surface area contributed by atoms with Crippen LogP contribution in [0.1, 0.15) is 49.4 Å². The number of likely N-dealkylation sites (N-methyl/N-ethyl adjacent to an activating group) is 1. The number of likely N-dealkylation sites (tertiary alicyclic amines) is 1. The lowest BCUT2D eigenvalue weighted by atomic mass is 10.0. The van der Waals surface area contributed by atoms with Crippen molar-refractivity contribution in [3.8, 4) is 0 Å². The molecule has 18 heavy (non-hydrogen) atoms. The van der Waals surface area contributed by atoms with Gasteiger partial charge in [-0.25, -0.2) is 0 Å². The average molecular weight is 266 g/mol. The molecule has 0 aliphatic carbocycles. The number of aryl methyl sites for hydroxylation is 1. The van der Waals surface area contributed by atoms with Gasteiger partial charge in [-0.1, -0.05) is 13.8 Å². The molecule has 0 spiro atoms. The third-order valence-electron chi connectivity index (χ3n) is 3.90. The molecule has 2 atom stereocenters. The van der Waals surface area contributed by atoms with E-state index >= 15 is 0 Å². The summed E-state index contributed by atoms with van der Waals surface area (Å²) in [4.78, 5) is 5.54. The Morgan fingerprint density at radius 2 is 2.28 bits per heavy atom. The van der Waals surface area contributed by atoms with Crippen LogP contribution in [0.15, 0.2) is 12.1 Å². The maximum atomic E-state index is 3.81. The zero-order chi connectivity index (χ0) is 13.0. The highest BCUT2D eigenvalue weighted by molar-refractivity contribution is 7.12. The lowest BCUT2D eigenvalue weighted by molar-refractivity contribution is 0.192. The number of hydrogen-bond acceptors (Lipinski definition) is 3. The second-order valence-electron chi connectivity index (χ2n) is 5.28. The predicted octanol–water partition coefficient (Wildman–Crippen LogP) is 3.45. The van der Waals surface area contributed by atoms with E-state index in [1.807, 2.05) is 11.3 Å². The van der Waals surface area contributed by atoms with Gasteiger partial charge in [-0.3, -0.25) is 0 Å². The molecule has 0 aromatic carbocycles. The normalized spacial score (nSPS) is 23.2. The number of thiophene rings is 1. The van der Waals surface area contributed by atoms with Crippen LogP contribution >= 0.6 is 11.3 Å². The molecule has 0 radical (unpaired) electrons. The molecule has 102 valence electrons. The molecule has 1 aromatic heterocycles. The first-order chi connectivity index (χ1) is 8.72. The van der Waals surface area contributed by atoms with Crippen molar-refractivity contribution in [1.29, 1.82) is 0 Å². The summed E-state index contributed by atoms with van der Waals surface area (Å²) in [6.07, 6.45) is 3.82. The van der Waals surface area contributed by atoms with Crippen molar-refractivity contribution < 1.29 is 0 Å². The van der Waals surface area contributed by atoms with Gasteiger partial charge in [0.25, 0.3) is 0 Å². The SMILES string of the molecule is CCc1ccc(C(C)NC2CCCN(CC)C2)s1. The van der Waals surface area contributed by atoms with E-state index < -0.39 is 0 Å². The number of nitrogens with zero attached hydrogens (tertiary/aromatic N) is 1. The van der Waals surface area contributed by atoms with Gasteiger partial charge in [0.05, 0.1) is 0 Å². The molecule has 3 heteroatoms.